The predicted molar refractivity (Wildman–Crippen MR) is 115 cm³/mol. The predicted octanol–water partition coefficient (Wildman–Crippen LogP) is 4.13. The molecule has 0 aliphatic carbocycles. The Kier molecular flexibility index (Phi) is 6.17. The van der Waals surface area contributed by atoms with Crippen LogP contribution in [0.1, 0.15) is 38.3 Å². The molecule has 3 rings (SSSR count). The van der Waals surface area contributed by atoms with Gasteiger partial charge in [-0.1, -0.05) is 19.9 Å². The quantitative estimate of drug-likeness (QED) is 0.768. The molecule has 6 nitrogen and oxygen atoms in total. The monoisotopic (exact) mass is 416 g/mol. The van der Waals surface area contributed by atoms with Crippen molar-refractivity contribution >= 4 is 27.3 Å². The number of hydrogen-bond acceptors (Lipinski definition) is 4. The van der Waals surface area contributed by atoms with Gasteiger partial charge in [-0.2, -0.15) is 0 Å². The van der Waals surface area contributed by atoms with Crippen LogP contribution in [0.15, 0.2) is 41.3 Å². The standard InChI is InChI=1S/C22H28N2O4S/c1-5-28-21-11-10-19(13-16(21)4)29(26,27)23-18-9-8-17-7-6-12-24(20(17)14-18)22(25)15(2)3/h8-11,13-15,23H,5-7,12H2,1-4H3. The SMILES string of the molecule is CCOc1ccc(S(=O)(=O)Nc2ccc3c(c2)N(C(=O)C(C)C)CCC3)cc1C. The van der Waals surface area contributed by atoms with E-state index in [2.05, 4.69) is 4.72 Å². The second-order valence-electron chi connectivity index (χ2n) is 7.56. The van der Waals surface area contributed by atoms with Crippen LogP contribution in [0.4, 0.5) is 11.4 Å². The first kappa shape index (κ1) is 21.2. The lowest BCUT2D eigenvalue weighted by Crippen LogP contribution is -2.38. The Morgan fingerprint density at radius 1 is 1.21 bits per heavy atom. The Bertz CT molecular complexity index is 1020. The van der Waals surface area contributed by atoms with Crippen LogP contribution in [0.3, 0.4) is 0 Å². The van der Waals surface area contributed by atoms with Crippen LogP contribution >= 0.6 is 0 Å². The van der Waals surface area contributed by atoms with Crippen molar-refractivity contribution in [3.8, 4) is 5.75 Å². The molecule has 0 bridgehead atoms. The van der Waals surface area contributed by atoms with E-state index in [0.717, 1.165) is 29.7 Å². The highest BCUT2D eigenvalue weighted by Gasteiger charge is 2.25. The molecule has 0 fully saturated rings. The Labute approximate surface area is 172 Å². The number of carbonyl (C=O) groups excluding carboxylic acids is 1. The average molecular weight is 417 g/mol. The van der Waals surface area contributed by atoms with Crippen LogP contribution in [0.5, 0.6) is 5.75 Å². The molecule has 0 saturated carbocycles. The molecule has 1 amide bonds. The van der Waals surface area contributed by atoms with E-state index in [4.69, 9.17) is 4.74 Å². The van der Waals surface area contributed by atoms with Crippen LogP contribution in [-0.2, 0) is 21.2 Å². The van der Waals surface area contributed by atoms with Crippen molar-refractivity contribution < 1.29 is 17.9 Å². The number of fused-ring (bicyclic) bond motifs is 1. The lowest BCUT2D eigenvalue weighted by Gasteiger charge is -2.31. The molecule has 0 radical (unpaired) electrons. The number of benzene rings is 2. The van der Waals surface area contributed by atoms with Crippen LogP contribution < -0.4 is 14.4 Å². The number of rotatable bonds is 6. The Hall–Kier alpha value is -2.54. The van der Waals surface area contributed by atoms with Crippen molar-refractivity contribution in [2.24, 2.45) is 5.92 Å². The minimum Gasteiger partial charge on any atom is -0.494 e. The summed E-state index contributed by atoms with van der Waals surface area (Å²) in [7, 11) is -3.76. The maximum absolute atomic E-state index is 12.9. The van der Waals surface area contributed by atoms with E-state index in [-0.39, 0.29) is 16.7 Å². The number of aryl methyl sites for hydroxylation is 2. The van der Waals surface area contributed by atoms with Crippen molar-refractivity contribution in [2.75, 3.05) is 22.8 Å². The second kappa shape index (κ2) is 8.45. The summed E-state index contributed by atoms with van der Waals surface area (Å²) in [6, 6.07) is 10.2. The maximum atomic E-state index is 12.9. The number of carbonyl (C=O) groups is 1. The van der Waals surface area contributed by atoms with E-state index in [9.17, 15) is 13.2 Å². The van der Waals surface area contributed by atoms with Gasteiger partial charge in [0.15, 0.2) is 0 Å². The zero-order chi connectivity index (χ0) is 21.2. The molecule has 0 aromatic heterocycles. The summed E-state index contributed by atoms with van der Waals surface area (Å²) < 4.78 is 33.9. The first-order valence-electron chi connectivity index (χ1n) is 9.93. The number of hydrogen-bond donors (Lipinski definition) is 1. The molecule has 0 spiro atoms. The fourth-order valence-electron chi connectivity index (χ4n) is 3.50. The molecule has 2 aromatic carbocycles. The van der Waals surface area contributed by atoms with Crippen molar-refractivity contribution in [1.82, 2.24) is 0 Å². The summed E-state index contributed by atoms with van der Waals surface area (Å²) in [6.45, 7) is 8.62. The smallest absolute Gasteiger partial charge is 0.261 e. The Morgan fingerprint density at radius 2 is 1.97 bits per heavy atom. The van der Waals surface area contributed by atoms with E-state index in [1.807, 2.05) is 33.8 Å². The molecular weight excluding hydrogens is 388 g/mol. The molecule has 1 heterocycles. The zero-order valence-corrected chi connectivity index (χ0v) is 18.2. The summed E-state index contributed by atoms with van der Waals surface area (Å²) in [5.74, 6) is 0.601. The van der Waals surface area contributed by atoms with Crippen LogP contribution in [0.25, 0.3) is 0 Å². The lowest BCUT2D eigenvalue weighted by atomic mass is 9.99. The first-order chi connectivity index (χ1) is 13.7. The van der Waals surface area contributed by atoms with Crippen molar-refractivity contribution in [2.45, 2.75) is 45.4 Å². The first-order valence-corrected chi connectivity index (χ1v) is 11.4. The summed E-state index contributed by atoms with van der Waals surface area (Å²) in [6.07, 6.45) is 1.78. The third-order valence-corrected chi connectivity index (χ3v) is 6.35. The molecule has 1 aliphatic rings. The molecule has 0 atom stereocenters. The molecule has 0 saturated heterocycles. The van der Waals surface area contributed by atoms with Crippen molar-refractivity contribution in [3.63, 3.8) is 0 Å². The van der Waals surface area contributed by atoms with E-state index in [1.165, 1.54) is 6.07 Å². The summed E-state index contributed by atoms with van der Waals surface area (Å²) in [5, 5.41) is 0. The third-order valence-electron chi connectivity index (χ3n) is 4.97. The van der Waals surface area contributed by atoms with Gasteiger partial charge in [0.05, 0.1) is 17.2 Å². The summed E-state index contributed by atoms with van der Waals surface area (Å²) in [4.78, 5) is 14.5. The Morgan fingerprint density at radius 3 is 2.62 bits per heavy atom. The average Bonchev–Trinajstić information content (AvgIpc) is 2.68. The highest BCUT2D eigenvalue weighted by Crippen LogP contribution is 2.32. The van der Waals surface area contributed by atoms with Gasteiger partial charge in [-0.15, -0.1) is 0 Å². The fraction of sp³-hybridized carbons (Fsp3) is 0.409. The highest BCUT2D eigenvalue weighted by atomic mass is 32.2. The van der Waals surface area contributed by atoms with E-state index >= 15 is 0 Å². The topological polar surface area (TPSA) is 75.7 Å². The maximum Gasteiger partial charge on any atom is 0.261 e. The molecule has 7 heteroatoms. The van der Waals surface area contributed by atoms with E-state index in [1.54, 1.807) is 29.2 Å². The molecule has 0 unspecified atom stereocenters. The van der Waals surface area contributed by atoms with Crippen LogP contribution in [0.2, 0.25) is 0 Å². The van der Waals surface area contributed by atoms with Crippen LogP contribution in [0, 0.1) is 12.8 Å². The Balaban J connectivity index is 1.89. The van der Waals surface area contributed by atoms with Gasteiger partial charge in [-0.05, 0) is 68.1 Å². The van der Waals surface area contributed by atoms with Gasteiger partial charge in [0, 0.05) is 18.2 Å². The molecule has 2 aromatic rings. The van der Waals surface area contributed by atoms with E-state index < -0.39 is 10.0 Å². The third kappa shape index (κ3) is 4.56. The van der Waals surface area contributed by atoms with Gasteiger partial charge >= 0.3 is 0 Å². The number of amides is 1. The van der Waals surface area contributed by atoms with Gasteiger partial charge in [0.25, 0.3) is 10.0 Å². The molecule has 1 N–H and O–H groups in total. The van der Waals surface area contributed by atoms with E-state index in [0.29, 0.717) is 24.6 Å². The zero-order valence-electron chi connectivity index (χ0n) is 17.4. The largest absolute Gasteiger partial charge is 0.494 e. The number of nitrogens with one attached hydrogen (secondary N) is 1. The second-order valence-corrected chi connectivity index (χ2v) is 9.24. The number of sulfonamides is 1. The lowest BCUT2D eigenvalue weighted by molar-refractivity contribution is -0.121. The summed E-state index contributed by atoms with van der Waals surface area (Å²) in [5.41, 5.74) is 3.05. The molecule has 1 aliphatic heterocycles. The van der Waals surface area contributed by atoms with Gasteiger partial charge in [-0.25, -0.2) is 8.42 Å². The number of ether oxygens (including phenoxy) is 1. The summed E-state index contributed by atoms with van der Waals surface area (Å²) >= 11 is 0. The fourth-order valence-corrected chi connectivity index (χ4v) is 4.63. The minimum absolute atomic E-state index is 0.0492. The highest BCUT2D eigenvalue weighted by molar-refractivity contribution is 7.92. The van der Waals surface area contributed by atoms with Gasteiger partial charge in [0.1, 0.15) is 5.75 Å². The molecule has 156 valence electrons. The molecular formula is C22H28N2O4S. The number of nitrogens with zero attached hydrogens (tertiary/aromatic N) is 1. The normalized spacial score (nSPS) is 13.9. The van der Waals surface area contributed by atoms with Crippen molar-refractivity contribution in [3.05, 3.63) is 47.5 Å². The van der Waals surface area contributed by atoms with Crippen LogP contribution in [-0.4, -0.2) is 27.5 Å². The van der Waals surface area contributed by atoms with Crippen molar-refractivity contribution in [1.29, 1.82) is 0 Å². The minimum atomic E-state index is -3.76. The number of anilines is 2. The van der Waals surface area contributed by atoms with Gasteiger partial charge < -0.3 is 9.64 Å². The van der Waals surface area contributed by atoms with Gasteiger partial charge in [0.2, 0.25) is 5.91 Å². The van der Waals surface area contributed by atoms with Gasteiger partial charge in [-0.3, -0.25) is 9.52 Å². The molecule has 29 heavy (non-hydrogen) atoms.